The molecule has 0 saturated carbocycles. The second-order valence-electron chi connectivity index (χ2n) is 2.97. The average Bonchev–Trinajstić information content (AvgIpc) is 2.22. The van der Waals surface area contributed by atoms with Crippen LogP contribution in [0.2, 0.25) is 0 Å². The SMILES string of the molecule is CCOC(=S)S.OC1OC[C@@H](O)[C@H](O)[C@H]1O.[KH]. The molecule has 1 aliphatic rings. The van der Waals surface area contributed by atoms with E-state index in [0.717, 1.165) is 0 Å². The summed E-state index contributed by atoms with van der Waals surface area (Å²) in [4.78, 5) is 0. The second kappa shape index (κ2) is 11.5. The molecule has 0 aromatic carbocycles. The van der Waals surface area contributed by atoms with E-state index in [9.17, 15) is 0 Å². The quantitative estimate of drug-likeness (QED) is 0.217. The molecule has 9 heteroatoms. The number of aliphatic hydroxyl groups is 4. The fourth-order valence-electron chi connectivity index (χ4n) is 0.914. The molecule has 98 valence electrons. The van der Waals surface area contributed by atoms with Gasteiger partial charge in [0.1, 0.15) is 18.3 Å². The molecule has 1 aliphatic heterocycles. The van der Waals surface area contributed by atoms with Crippen LogP contribution in [0.5, 0.6) is 0 Å². The van der Waals surface area contributed by atoms with Gasteiger partial charge in [0.15, 0.2) is 6.29 Å². The van der Waals surface area contributed by atoms with Gasteiger partial charge in [-0.05, 0) is 19.1 Å². The number of thiol groups is 1. The first-order valence-corrected chi connectivity index (χ1v) is 5.45. The summed E-state index contributed by atoms with van der Waals surface area (Å²) in [5.74, 6) is 0. The third-order valence-electron chi connectivity index (χ3n) is 1.74. The van der Waals surface area contributed by atoms with Gasteiger partial charge < -0.3 is 29.9 Å². The van der Waals surface area contributed by atoms with Crippen LogP contribution in [0.25, 0.3) is 0 Å². The van der Waals surface area contributed by atoms with Crippen molar-refractivity contribution in [2.45, 2.75) is 31.5 Å². The van der Waals surface area contributed by atoms with Gasteiger partial charge in [0.05, 0.1) is 13.2 Å². The van der Waals surface area contributed by atoms with Crippen LogP contribution in [-0.4, -0.2) is 114 Å². The van der Waals surface area contributed by atoms with Crippen LogP contribution in [0.3, 0.4) is 0 Å². The molecule has 17 heavy (non-hydrogen) atoms. The summed E-state index contributed by atoms with van der Waals surface area (Å²) < 4.78 is 9.42. The van der Waals surface area contributed by atoms with Crippen molar-refractivity contribution in [1.82, 2.24) is 0 Å². The first-order valence-electron chi connectivity index (χ1n) is 4.59. The molecular formula is C8H17KO6S2. The Balaban J connectivity index is 0. The molecule has 4 N–H and O–H groups in total. The van der Waals surface area contributed by atoms with E-state index in [1.807, 2.05) is 6.92 Å². The molecule has 6 nitrogen and oxygen atoms in total. The van der Waals surface area contributed by atoms with Gasteiger partial charge in [0.2, 0.25) is 4.38 Å². The van der Waals surface area contributed by atoms with Crippen molar-refractivity contribution in [1.29, 1.82) is 0 Å². The summed E-state index contributed by atoms with van der Waals surface area (Å²) in [7, 11) is 0. The zero-order chi connectivity index (χ0) is 12.7. The summed E-state index contributed by atoms with van der Waals surface area (Å²) in [5, 5.41) is 35.3. The molecule has 0 aromatic rings. The van der Waals surface area contributed by atoms with Crippen LogP contribution in [-0.2, 0) is 9.47 Å². The van der Waals surface area contributed by atoms with Gasteiger partial charge in [-0.15, -0.1) is 0 Å². The molecule has 0 spiro atoms. The second-order valence-corrected chi connectivity index (χ2v) is 4.05. The Labute approximate surface area is 153 Å². The van der Waals surface area contributed by atoms with Gasteiger partial charge in [-0.2, -0.15) is 0 Å². The molecule has 1 heterocycles. The number of rotatable bonds is 1. The molecule has 1 saturated heterocycles. The van der Waals surface area contributed by atoms with E-state index in [4.69, 9.17) is 20.4 Å². The van der Waals surface area contributed by atoms with Gasteiger partial charge >= 0.3 is 51.4 Å². The van der Waals surface area contributed by atoms with Crippen molar-refractivity contribution in [3.63, 3.8) is 0 Å². The van der Waals surface area contributed by atoms with E-state index in [0.29, 0.717) is 11.0 Å². The van der Waals surface area contributed by atoms with Gasteiger partial charge in [-0.1, -0.05) is 12.6 Å². The van der Waals surface area contributed by atoms with E-state index in [1.54, 1.807) is 0 Å². The fraction of sp³-hybridized carbons (Fsp3) is 0.875. The van der Waals surface area contributed by atoms with Crippen LogP contribution in [0.4, 0.5) is 0 Å². The van der Waals surface area contributed by atoms with E-state index in [2.05, 4.69) is 34.3 Å². The predicted molar refractivity (Wildman–Crippen MR) is 70.3 cm³/mol. The summed E-state index contributed by atoms with van der Waals surface area (Å²) in [6.45, 7) is 2.32. The molecular weight excluding hydrogens is 295 g/mol. The first kappa shape index (κ1) is 21.0. The van der Waals surface area contributed by atoms with Crippen LogP contribution in [0.1, 0.15) is 6.92 Å². The Morgan fingerprint density at radius 3 is 2.18 bits per heavy atom. The standard InChI is InChI=1S/C5H10O5.C3H6OS2.K.H/c6-2-1-10-5(9)4(8)3(2)7;1-2-4-3(5)6;;/h2-9H,1H2;2H2,1H3,(H,5,6);;/t2-,3+,4-,5?;;;/m1.../s1. The Hall–Kier alpha value is 1.68. The van der Waals surface area contributed by atoms with E-state index in [1.165, 1.54) is 0 Å². The maximum atomic E-state index is 8.88. The monoisotopic (exact) mass is 312 g/mol. The number of ether oxygens (including phenoxy) is 2. The third kappa shape index (κ3) is 9.25. The van der Waals surface area contributed by atoms with Crippen molar-refractivity contribution in [3.8, 4) is 0 Å². The summed E-state index contributed by atoms with van der Waals surface area (Å²) >= 11 is 8.12. The van der Waals surface area contributed by atoms with Crippen LogP contribution in [0, 0.1) is 0 Å². The summed E-state index contributed by atoms with van der Waals surface area (Å²) in [6.07, 6.45) is -5.23. The van der Waals surface area contributed by atoms with Gasteiger partial charge in [-0.3, -0.25) is 0 Å². The first-order chi connectivity index (χ1) is 7.40. The van der Waals surface area contributed by atoms with Gasteiger partial charge in [0, 0.05) is 0 Å². The molecule has 0 bridgehead atoms. The zero-order valence-corrected chi connectivity index (χ0v) is 10.4. The molecule has 0 amide bonds. The number of thiocarbonyl (C=S) groups is 1. The van der Waals surface area contributed by atoms with Crippen molar-refractivity contribution in [3.05, 3.63) is 0 Å². The Morgan fingerprint density at radius 2 is 1.88 bits per heavy atom. The van der Waals surface area contributed by atoms with E-state index >= 15 is 0 Å². The fourth-order valence-corrected chi connectivity index (χ4v) is 1.16. The average molecular weight is 312 g/mol. The van der Waals surface area contributed by atoms with Gasteiger partial charge in [-0.25, -0.2) is 0 Å². The van der Waals surface area contributed by atoms with Crippen molar-refractivity contribution in [2.24, 2.45) is 0 Å². The molecule has 0 aromatic heterocycles. The van der Waals surface area contributed by atoms with Crippen LogP contribution < -0.4 is 0 Å². The number of hydrogen-bond donors (Lipinski definition) is 5. The van der Waals surface area contributed by atoms with Crippen molar-refractivity contribution >= 4 is 80.6 Å². The summed E-state index contributed by atoms with van der Waals surface area (Å²) in [5.41, 5.74) is 0. The predicted octanol–water partition coefficient (Wildman–Crippen LogP) is -1.99. The molecule has 1 fully saturated rings. The van der Waals surface area contributed by atoms with Crippen molar-refractivity contribution in [2.75, 3.05) is 13.2 Å². The van der Waals surface area contributed by atoms with Gasteiger partial charge in [0.25, 0.3) is 0 Å². The molecule has 4 atom stereocenters. The Morgan fingerprint density at radius 1 is 1.35 bits per heavy atom. The van der Waals surface area contributed by atoms with E-state index in [-0.39, 0.29) is 58.0 Å². The van der Waals surface area contributed by atoms with Crippen molar-refractivity contribution < 1.29 is 29.9 Å². The minimum absolute atomic E-state index is 0. The Bertz CT molecular complexity index is 206. The Kier molecular flexibility index (Phi) is 14.2. The maximum absolute atomic E-state index is 8.88. The third-order valence-corrected chi connectivity index (χ3v) is 1.99. The molecule has 1 unspecified atom stereocenters. The molecule has 1 rings (SSSR count). The minimum atomic E-state index is -1.41. The van der Waals surface area contributed by atoms with E-state index < -0.39 is 24.6 Å². The van der Waals surface area contributed by atoms with Crippen LogP contribution in [0.15, 0.2) is 0 Å². The normalized spacial score (nSPS) is 31.6. The van der Waals surface area contributed by atoms with Crippen LogP contribution >= 0.6 is 24.8 Å². The number of hydrogen-bond acceptors (Lipinski definition) is 7. The molecule has 0 radical (unpaired) electrons. The topological polar surface area (TPSA) is 99.4 Å². The molecule has 0 aliphatic carbocycles. The number of aliphatic hydroxyl groups excluding tert-OH is 4. The zero-order valence-electron chi connectivity index (χ0n) is 8.68. The summed E-state index contributed by atoms with van der Waals surface area (Å²) in [6, 6.07) is 0.